The van der Waals surface area contributed by atoms with Gasteiger partial charge in [0.25, 0.3) is 0 Å². The molecule has 2 nitrogen and oxygen atoms in total. The number of hydrogen-bond acceptors (Lipinski definition) is 2. The molecule has 2 heteroatoms. The van der Waals surface area contributed by atoms with Gasteiger partial charge in [0.2, 0.25) is 0 Å². The molecule has 1 aliphatic rings. The lowest BCUT2D eigenvalue weighted by atomic mass is 9.94. The number of likely N-dealkylation sites (tertiary alicyclic amines) is 1. The monoisotopic (exact) mass is 228 g/mol. The standard InChI is InChI=1S/C15H20N2/c1-12-7-8-13(2)17(10-12)11-15-6-4-3-5-14(15)9-16/h3-6,12-13H,7-8,10-11H2,1-2H3. The van der Waals surface area contributed by atoms with Gasteiger partial charge < -0.3 is 0 Å². The average Bonchev–Trinajstić information content (AvgIpc) is 2.34. The summed E-state index contributed by atoms with van der Waals surface area (Å²) in [4.78, 5) is 2.50. The summed E-state index contributed by atoms with van der Waals surface area (Å²) < 4.78 is 0. The highest BCUT2D eigenvalue weighted by Crippen LogP contribution is 2.23. The normalized spacial score (nSPS) is 25.5. The van der Waals surface area contributed by atoms with Crippen molar-refractivity contribution in [2.75, 3.05) is 6.54 Å². The van der Waals surface area contributed by atoms with E-state index < -0.39 is 0 Å². The third-order valence-corrected chi connectivity index (χ3v) is 3.76. The van der Waals surface area contributed by atoms with Crippen LogP contribution in [-0.2, 0) is 6.54 Å². The fourth-order valence-electron chi connectivity index (χ4n) is 2.59. The van der Waals surface area contributed by atoms with E-state index in [0.29, 0.717) is 6.04 Å². The van der Waals surface area contributed by atoms with Crippen LogP contribution in [-0.4, -0.2) is 17.5 Å². The molecule has 90 valence electrons. The average molecular weight is 228 g/mol. The zero-order valence-electron chi connectivity index (χ0n) is 10.7. The van der Waals surface area contributed by atoms with Gasteiger partial charge in [-0.15, -0.1) is 0 Å². The zero-order valence-corrected chi connectivity index (χ0v) is 10.7. The van der Waals surface area contributed by atoms with Crippen LogP contribution in [0.25, 0.3) is 0 Å². The van der Waals surface area contributed by atoms with Gasteiger partial charge in [0.15, 0.2) is 0 Å². The topological polar surface area (TPSA) is 27.0 Å². The Bertz CT molecular complexity index is 419. The van der Waals surface area contributed by atoms with Crippen LogP contribution in [0.2, 0.25) is 0 Å². The third-order valence-electron chi connectivity index (χ3n) is 3.76. The molecule has 17 heavy (non-hydrogen) atoms. The molecule has 1 fully saturated rings. The highest BCUT2D eigenvalue weighted by Gasteiger charge is 2.23. The van der Waals surface area contributed by atoms with E-state index in [1.807, 2.05) is 18.2 Å². The molecule has 0 bridgehead atoms. The van der Waals surface area contributed by atoms with Gasteiger partial charge in [-0.2, -0.15) is 5.26 Å². The number of benzene rings is 1. The van der Waals surface area contributed by atoms with E-state index >= 15 is 0 Å². The van der Waals surface area contributed by atoms with Gasteiger partial charge in [-0.3, -0.25) is 4.90 Å². The summed E-state index contributed by atoms with van der Waals surface area (Å²) in [7, 11) is 0. The van der Waals surface area contributed by atoms with Crippen LogP contribution in [0.15, 0.2) is 24.3 Å². The molecular weight excluding hydrogens is 208 g/mol. The summed E-state index contributed by atoms with van der Waals surface area (Å²) in [6.07, 6.45) is 2.60. The Hall–Kier alpha value is -1.33. The van der Waals surface area contributed by atoms with Crippen LogP contribution < -0.4 is 0 Å². The van der Waals surface area contributed by atoms with Crippen LogP contribution in [0.1, 0.15) is 37.8 Å². The highest BCUT2D eigenvalue weighted by atomic mass is 15.2. The van der Waals surface area contributed by atoms with Crippen molar-refractivity contribution in [2.24, 2.45) is 5.92 Å². The largest absolute Gasteiger partial charge is 0.296 e. The van der Waals surface area contributed by atoms with Gasteiger partial charge in [-0.05, 0) is 37.3 Å². The molecule has 2 unspecified atom stereocenters. The molecule has 1 aliphatic heterocycles. The van der Waals surface area contributed by atoms with Gasteiger partial charge in [-0.1, -0.05) is 25.1 Å². The van der Waals surface area contributed by atoms with Crippen molar-refractivity contribution in [1.82, 2.24) is 4.90 Å². The van der Waals surface area contributed by atoms with Crippen molar-refractivity contribution in [2.45, 2.75) is 39.3 Å². The maximum Gasteiger partial charge on any atom is 0.0995 e. The second kappa shape index (κ2) is 5.33. The fourth-order valence-corrected chi connectivity index (χ4v) is 2.59. The number of hydrogen-bond donors (Lipinski definition) is 0. The summed E-state index contributed by atoms with van der Waals surface area (Å²) >= 11 is 0. The minimum Gasteiger partial charge on any atom is -0.296 e. The Labute approximate surface area is 104 Å². The molecule has 2 rings (SSSR count). The Morgan fingerprint density at radius 2 is 2.06 bits per heavy atom. The first-order valence-corrected chi connectivity index (χ1v) is 6.42. The zero-order chi connectivity index (χ0) is 12.3. The number of rotatable bonds is 2. The van der Waals surface area contributed by atoms with Crippen LogP contribution in [0.5, 0.6) is 0 Å². The van der Waals surface area contributed by atoms with E-state index in [2.05, 4.69) is 30.9 Å². The first-order valence-electron chi connectivity index (χ1n) is 6.42. The predicted molar refractivity (Wildman–Crippen MR) is 69.4 cm³/mol. The SMILES string of the molecule is CC1CCC(C)N(Cc2ccccc2C#N)C1. The van der Waals surface area contributed by atoms with Gasteiger partial charge in [0.05, 0.1) is 11.6 Å². The molecule has 1 heterocycles. The second-order valence-corrected chi connectivity index (χ2v) is 5.23. The van der Waals surface area contributed by atoms with Gasteiger partial charge >= 0.3 is 0 Å². The molecule has 0 aliphatic carbocycles. The van der Waals surface area contributed by atoms with Crippen LogP contribution in [0, 0.1) is 17.2 Å². The Balaban J connectivity index is 2.12. The maximum atomic E-state index is 9.10. The summed E-state index contributed by atoms with van der Waals surface area (Å²) in [6.45, 7) is 6.67. The summed E-state index contributed by atoms with van der Waals surface area (Å²) in [6, 6.07) is 10.9. The molecule has 0 spiro atoms. The van der Waals surface area contributed by atoms with Gasteiger partial charge in [0, 0.05) is 19.1 Å². The minimum absolute atomic E-state index is 0.637. The van der Waals surface area contributed by atoms with Crippen molar-refractivity contribution < 1.29 is 0 Å². The highest BCUT2D eigenvalue weighted by molar-refractivity contribution is 5.37. The molecule has 1 aromatic carbocycles. The second-order valence-electron chi connectivity index (χ2n) is 5.23. The lowest BCUT2D eigenvalue weighted by molar-refractivity contribution is 0.117. The first-order chi connectivity index (χ1) is 8.20. The molecule has 0 N–H and O–H groups in total. The lowest BCUT2D eigenvalue weighted by Gasteiger charge is -2.36. The Morgan fingerprint density at radius 1 is 1.29 bits per heavy atom. The summed E-state index contributed by atoms with van der Waals surface area (Å²) in [5, 5.41) is 9.10. The van der Waals surface area contributed by atoms with E-state index in [0.717, 1.165) is 30.1 Å². The van der Waals surface area contributed by atoms with Crippen molar-refractivity contribution >= 4 is 0 Å². The molecule has 0 amide bonds. The van der Waals surface area contributed by atoms with Crippen molar-refractivity contribution in [3.05, 3.63) is 35.4 Å². The van der Waals surface area contributed by atoms with E-state index in [-0.39, 0.29) is 0 Å². The van der Waals surface area contributed by atoms with Crippen molar-refractivity contribution in [1.29, 1.82) is 5.26 Å². The number of nitriles is 1. The third kappa shape index (κ3) is 2.87. The first kappa shape index (κ1) is 12.1. The van der Waals surface area contributed by atoms with Crippen molar-refractivity contribution in [3.63, 3.8) is 0 Å². The molecular formula is C15H20N2. The number of nitrogens with zero attached hydrogens (tertiary/aromatic N) is 2. The van der Waals surface area contributed by atoms with Gasteiger partial charge in [0.1, 0.15) is 0 Å². The summed E-state index contributed by atoms with van der Waals surface area (Å²) in [5.74, 6) is 0.778. The van der Waals surface area contributed by atoms with Crippen LogP contribution >= 0.6 is 0 Å². The van der Waals surface area contributed by atoms with Gasteiger partial charge in [-0.25, -0.2) is 0 Å². The summed E-state index contributed by atoms with van der Waals surface area (Å²) in [5.41, 5.74) is 1.98. The van der Waals surface area contributed by atoms with E-state index in [9.17, 15) is 0 Å². The predicted octanol–water partition coefficient (Wildman–Crippen LogP) is 3.18. The van der Waals surface area contributed by atoms with Crippen LogP contribution in [0.3, 0.4) is 0 Å². The molecule has 1 aromatic rings. The molecule has 0 aromatic heterocycles. The Morgan fingerprint density at radius 3 is 2.82 bits per heavy atom. The van der Waals surface area contributed by atoms with E-state index in [1.165, 1.54) is 12.8 Å². The lowest BCUT2D eigenvalue weighted by Crippen LogP contribution is -2.40. The minimum atomic E-state index is 0.637. The number of piperidine rings is 1. The molecule has 1 saturated heterocycles. The van der Waals surface area contributed by atoms with Crippen LogP contribution in [0.4, 0.5) is 0 Å². The molecule has 2 atom stereocenters. The quantitative estimate of drug-likeness (QED) is 0.777. The smallest absolute Gasteiger partial charge is 0.0995 e. The maximum absolute atomic E-state index is 9.10. The van der Waals surface area contributed by atoms with Crippen molar-refractivity contribution in [3.8, 4) is 6.07 Å². The van der Waals surface area contributed by atoms with E-state index in [4.69, 9.17) is 5.26 Å². The Kier molecular flexibility index (Phi) is 3.81. The molecule has 0 radical (unpaired) electrons. The van der Waals surface area contributed by atoms with E-state index in [1.54, 1.807) is 0 Å². The molecule has 0 saturated carbocycles. The fraction of sp³-hybridized carbons (Fsp3) is 0.533.